The van der Waals surface area contributed by atoms with Gasteiger partial charge in [0, 0.05) is 33.8 Å². The summed E-state index contributed by atoms with van der Waals surface area (Å²) in [4.78, 5) is 0. The van der Waals surface area contributed by atoms with Crippen LogP contribution >= 0.6 is 0 Å². The van der Waals surface area contributed by atoms with Crippen molar-refractivity contribution in [3.05, 3.63) is 0 Å². The van der Waals surface area contributed by atoms with Crippen LogP contribution in [0.2, 0.25) is 6.04 Å². The Morgan fingerprint density at radius 1 is 0.533 bits per heavy atom. The summed E-state index contributed by atoms with van der Waals surface area (Å²) in [6, 6.07) is 0.900. The SMILES string of the molecule is CCCCCCCCCCCCCCCC[N+](C)(C)CCC[Si](OC)(OC)OC.[Cl-]. The second-order valence-corrected chi connectivity index (χ2v) is 12.5. The van der Waals surface area contributed by atoms with Crippen LogP contribution in [0.15, 0.2) is 0 Å². The Labute approximate surface area is 196 Å². The van der Waals surface area contributed by atoms with E-state index < -0.39 is 8.80 Å². The number of unbranched alkanes of at least 4 members (excludes halogenated alkanes) is 13. The maximum absolute atomic E-state index is 5.53. The molecule has 0 unspecified atom stereocenters. The minimum atomic E-state index is -2.40. The van der Waals surface area contributed by atoms with Gasteiger partial charge in [0.15, 0.2) is 0 Å². The number of quaternary nitrogens is 1. The van der Waals surface area contributed by atoms with E-state index in [2.05, 4.69) is 21.0 Å². The Balaban J connectivity index is 0. The van der Waals surface area contributed by atoms with Gasteiger partial charge in [-0.05, 0) is 12.8 Å². The molecule has 0 atom stereocenters. The highest BCUT2D eigenvalue weighted by Gasteiger charge is 2.37. The Kier molecular flexibility index (Phi) is 23.0. The molecular formula is C24H54ClNO3Si. The summed E-state index contributed by atoms with van der Waals surface area (Å²) in [5, 5.41) is 0. The molecule has 30 heavy (non-hydrogen) atoms. The van der Waals surface area contributed by atoms with Crippen molar-refractivity contribution < 1.29 is 30.2 Å². The second-order valence-electron chi connectivity index (χ2n) is 9.38. The van der Waals surface area contributed by atoms with Crippen molar-refractivity contribution in [2.75, 3.05) is 48.5 Å². The molecule has 0 amide bonds. The molecule has 0 aromatic rings. The molecule has 4 nitrogen and oxygen atoms in total. The first kappa shape index (κ1) is 32.5. The molecule has 0 radical (unpaired) electrons. The van der Waals surface area contributed by atoms with Gasteiger partial charge in [0.1, 0.15) is 0 Å². The van der Waals surface area contributed by atoms with Crippen LogP contribution in [0.3, 0.4) is 0 Å². The molecule has 184 valence electrons. The van der Waals surface area contributed by atoms with E-state index in [0.29, 0.717) is 0 Å². The van der Waals surface area contributed by atoms with Gasteiger partial charge in [-0.1, -0.05) is 84.0 Å². The Bertz CT molecular complexity index is 347. The number of rotatable bonds is 22. The van der Waals surface area contributed by atoms with Crippen molar-refractivity contribution in [3.63, 3.8) is 0 Å². The smallest absolute Gasteiger partial charge is 0.500 e. The molecule has 0 saturated carbocycles. The van der Waals surface area contributed by atoms with Crippen molar-refractivity contribution >= 4 is 8.80 Å². The lowest BCUT2D eigenvalue weighted by Gasteiger charge is -2.31. The van der Waals surface area contributed by atoms with Crippen LogP contribution in [0.1, 0.15) is 103 Å². The summed E-state index contributed by atoms with van der Waals surface area (Å²) in [5.41, 5.74) is 0. The van der Waals surface area contributed by atoms with E-state index in [9.17, 15) is 0 Å². The molecule has 0 saturated heterocycles. The largest absolute Gasteiger partial charge is 1.00 e. The maximum Gasteiger partial charge on any atom is 0.500 e. The van der Waals surface area contributed by atoms with Crippen LogP contribution in [0.25, 0.3) is 0 Å². The van der Waals surface area contributed by atoms with Crippen LogP contribution in [0, 0.1) is 0 Å². The predicted molar refractivity (Wildman–Crippen MR) is 128 cm³/mol. The molecule has 0 aliphatic rings. The fourth-order valence-corrected chi connectivity index (χ4v) is 5.83. The van der Waals surface area contributed by atoms with Gasteiger partial charge in [0.25, 0.3) is 0 Å². The fourth-order valence-electron chi connectivity index (χ4n) is 4.13. The highest BCUT2D eigenvalue weighted by Crippen LogP contribution is 2.17. The van der Waals surface area contributed by atoms with E-state index in [1.54, 1.807) is 21.3 Å². The van der Waals surface area contributed by atoms with Gasteiger partial charge < -0.3 is 30.2 Å². The van der Waals surface area contributed by atoms with Crippen molar-refractivity contribution in [3.8, 4) is 0 Å². The predicted octanol–water partition coefficient (Wildman–Crippen LogP) is 3.82. The average molecular weight is 468 g/mol. The Morgan fingerprint density at radius 3 is 1.23 bits per heavy atom. The van der Waals surface area contributed by atoms with E-state index in [-0.39, 0.29) is 12.4 Å². The van der Waals surface area contributed by atoms with Gasteiger partial charge in [-0.3, -0.25) is 0 Å². The molecule has 0 fully saturated rings. The molecule has 0 heterocycles. The van der Waals surface area contributed by atoms with Gasteiger partial charge in [0.2, 0.25) is 0 Å². The minimum absolute atomic E-state index is 0. The van der Waals surface area contributed by atoms with E-state index in [1.165, 1.54) is 96.4 Å². The average Bonchev–Trinajstić information content (AvgIpc) is 2.71. The molecule has 0 rings (SSSR count). The van der Waals surface area contributed by atoms with Gasteiger partial charge in [0.05, 0.1) is 27.2 Å². The second kappa shape index (κ2) is 21.2. The van der Waals surface area contributed by atoms with Crippen LogP contribution in [-0.4, -0.2) is 61.8 Å². The molecule has 0 aromatic heterocycles. The standard InChI is InChI=1S/C24H54NO3Si.ClH/c1-7-8-9-10-11-12-13-14-15-16-17-18-19-20-22-25(2,3)23-21-24-29(26-4,27-5)28-6;/h7-24H2,1-6H3;1H/q+1;/p-1. The molecule has 0 aromatic carbocycles. The third kappa shape index (κ3) is 18.0. The third-order valence-corrected chi connectivity index (χ3v) is 9.13. The van der Waals surface area contributed by atoms with Crippen molar-refractivity contribution in [2.45, 2.75) is 109 Å². The van der Waals surface area contributed by atoms with Crippen LogP contribution in [0.5, 0.6) is 0 Å². The van der Waals surface area contributed by atoms with Crippen LogP contribution in [0.4, 0.5) is 0 Å². The van der Waals surface area contributed by atoms with Gasteiger partial charge >= 0.3 is 8.80 Å². The Morgan fingerprint density at radius 2 is 0.867 bits per heavy atom. The third-order valence-electron chi connectivity index (χ3n) is 6.30. The molecule has 6 heteroatoms. The van der Waals surface area contributed by atoms with Gasteiger partial charge in [-0.15, -0.1) is 0 Å². The molecule has 0 N–H and O–H groups in total. The van der Waals surface area contributed by atoms with E-state index in [0.717, 1.165) is 23.5 Å². The Hall–Kier alpha value is 0.347. The highest BCUT2D eigenvalue weighted by atomic mass is 35.5. The van der Waals surface area contributed by atoms with Crippen LogP contribution < -0.4 is 12.4 Å². The van der Waals surface area contributed by atoms with Crippen molar-refractivity contribution in [2.24, 2.45) is 0 Å². The van der Waals surface area contributed by atoms with Gasteiger partial charge in [-0.25, -0.2) is 0 Å². The summed E-state index contributed by atoms with van der Waals surface area (Å²) in [6.07, 6.45) is 21.0. The minimum Gasteiger partial charge on any atom is -1.00 e. The molecule has 0 aliphatic heterocycles. The molecule has 0 spiro atoms. The van der Waals surface area contributed by atoms with Crippen molar-refractivity contribution in [1.29, 1.82) is 0 Å². The first-order chi connectivity index (χ1) is 13.9. The topological polar surface area (TPSA) is 27.7 Å². The zero-order valence-electron chi connectivity index (χ0n) is 21.3. The quantitative estimate of drug-likeness (QED) is 0.138. The maximum atomic E-state index is 5.53. The summed E-state index contributed by atoms with van der Waals surface area (Å²) >= 11 is 0. The molecule has 0 bridgehead atoms. The first-order valence-corrected chi connectivity index (χ1v) is 14.4. The van der Waals surface area contributed by atoms with E-state index in [4.69, 9.17) is 13.3 Å². The fraction of sp³-hybridized carbons (Fsp3) is 1.00. The monoisotopic (exact) mass is 467 g/mol. The number of nitrogens with zero attached hydrogens (tertiary/aromatic N) is 1. The van der Waals surface area contributed by atoms with Crippen LogP contribution in [-0.2, 0) is 13.3 Å². The first-order valence-electron chi connectivity index (χ1n) is 12.4. The highest BCUT2D eigenvalue weighted by molar-refractivity contribution is 6.60. The van der Waals surface area contributed by atoms with Crippen molar-refractivity contribution in [1.82, 2.24) is 0 Å². The van der Waals surface area contributed by atoms with E-state index >= 15 is 0 Å². The zero-order valence-corrected chi connectivity index (χ0v) is 23.0. The lowest BCUT2D eigenvalue weighted by atomic mass is 10.0. The number of hydrogen-bond donors (Lipinski definition) is 0. The summed E-state index contributed by atoms with van der Waals surface area (Å²) in [7, 11) is 7.40. The molecule has 0 aliphatic carbocycles. The lowest BCUT2D eigenvalue weighted by Crippen LogP contribution is -3.00. The number of halogens is 1. The van der Waals surface area contributed by atoms with E-state index in [1.807, 2.05) is 0 Å². The summed E-state index contributed by atoms with van der Waals surface area (Å²) < 4.78 is 17.7. The summed E-state index contributed by atoms with van der Waals surface area (Å²) in [6.45, 7) is 4.71. The van der Waals surface area contributed by atoms with Gasteiger partial charge in [-0.2, -0.15) is 0 Å². The number of hydrogen-bond acceptors (Lipinski definition) is 3. The summed E-state index contributed by atoms with van der Waals surface area (Å²) in [5.74, 6) is 0. The normalized spacial score (nSPS) is 12.2. The molecular weight excluding hydrogens is 414 g/mol. The zero-order chi connectivity index (χ0) is 21.8. The lowest BCUT2D eigenvalue weighted by molar-refractivity contribution is -0.890.